The van der Waals surface area contributed by atoms with Gasteiger partial charge in [-0.15, -0.1) is 0 Å². The molecular weight excluding hydrogens is 228 g/mol. The average molecular weight is 239 g/mol. The first-order valence-electron chi connectivity index (χ1n) is 4.86. The van der Waals surface area contributed by atoms with Crippen LogP contribution in [0.5, 0.6) is 0 Å². The number of carbonyl (C=O) groups excluding carboxylic acids is 1. The van der Waals surface area contributed by atoms with Crippen molar-refractivity contribution in [1.82, 2.24) is 14.8 Å². The van der Waals surface area contributed by atoms with Crippen molar-refractivity contribution in [3.05, 3.63) is 22.5 Å². The Kier molecular flexibility index (Phi) is 2.55. The number of halogens is 1. The number of aromatic nitrogens is 3. The average Bonchev–Trinajstić information content (AvgIpc) is 2.56. The molecule has 84 valence electrons. The van der Waals surface area contributed by atoms with Crippen molar-refractivity contribution >= 4 is 28.5 Å². The number of hydrogen-bond acceptors (Lipinski definition) is 3. The van der Waals surface area contributed by atoms with E-state index in [9.17, 15) is 4.79 Å². The van der Waals surface area contributed by atoms with Gasteiger partial charge in [-0.1, -0.05) is 18.5 Å². The highest BCUT2D eigenvalue weighted by Gasteiger charge is 2.17. The summed E-state index contributed by atoms with van der Waals surface area (Å²) in [5, 5.41) is 5.33. The highest BCUT2D eigenvalue weighted by molar-refractivity contribution is 6.38. The van der Waals surface area contributed by atoms with Gasteiger partial charge < -0.3 is 5.73 Å². The predicted octanol–water partition coefficient (Wildman–Crippen LogP) is 1.28. The van der Waals surface area contributed by atoms with Crippen LogP contribution in [0.25, 0.3) is 11.0 Å². The van der Waals surface area contributed by atoms with Crippen molar-refractivity contribution in [3.63, 3.8) is 0 Å². The maximum absolute atomic E-state index is 11.1. The van der Waals surface area contributed by atoms with Crippen molar-refractivity contribution in [3.8, 4) is 0 Å². The number of carbonyl (C=O) groups is 1. The van der Waals surface area contributed by atoms with Crippen LogP contribution in [-0.4, -0.2) is 20.7 Å². The molecule has 5 nitrogen and oxygen atoms in total. The standard InChI is InChI=1S/C10H11ClN4O/c1-3-6-7-8(11)5(9(12)16)4-13-10(7)15(2)14-6/h4H,3H2,1-2H3,(H2,12,16). The molecule has 0 bridgehead atoms. The van der Waals surface area contributed by atoms with Crippen LogP contribution in [-0.2, 0) is 13.5 Å². The summed E-state index contributed by atoms with van der Waals surface area (Å²) in [5.41, 5.74) is 6.92. The van der Waals surface area contributed by atoms with Gasteiger partial charge in [-0.05, 0) is 6.42 Å². The minimum absolute atomic E-state index is 0.233. The molecule has 0 saturated carbocycles. The molecule has 2 heterocycles. The van der Waals surface area contributed by atoms with Gasteiger partial charge in [0.05, 0.1) is 21.7 Å². The monoisotopic (exact) mass is 238 g/mol. The molecule has 0 radical (unpaired) electrons. The van der Waals surface area contributed by atoms with Crippen molar-refractivity contribution in [1.29, 1.82) is 0 Å². The van der Waals surface area contributed by atoms with Gasteiger partial charge in [0.25, 0.3) is 5.91 Å². The van der Waals surface area contributed by atoms with E-state index in [1.165, 1.54) is 6.20 Å². The summed E-state index contributed by atoms with van der Waals surface area (Å²) in [6.07, 6.45) is 2.11. The lowest BCUT2D eigenvalue weighted by atomic mass is 10.1. The minimum Gasteiger partial charge on any atom is -0.366 e. The van der Waals surface area contributed by atoms with E-state index in [-0.39, 0.29) is 5.56 Å². The van der Waals surface area contributed by atoms with Gasteiger partial charge in [0.15, 0.2) is 5.65 Å². The molecule has 0 aromatic carbocycles. The van der Waals surface area contributed by atoms with Crippen LogP contribution in [0.4, 0.5) is 0 Å². The van der Waals surface area contributed by atoms with E-state index < -0.39 is 5.91 Å². The lowest BCUT2D eigenvalue weighted by Gasteiger charge is -2.01. The number of nitrogens with two attached hydrogens (primary N) is 1. The molecule has 0 fully saturated rings. The summed E-state index contributed by atoms with van der Waals surface area (Å²) >= 11 is 6.14. The molecule has 0 spiro atoms. The first-order valence-corrected chi connectivity index (χ1v) is 5.24. The summed E-state index contributed by atoms with van der Waals surface area (Å²) in [6, 6.07) is 0. The quantitative estimate of drug-likeness (QED) is 0.857. The largest absolute Gasteiger partial charge is 0.366 e. The summed E-state index contributed by atoms with van der Waals surface area (Å²) < 4.78 is 1.64. The molecule has 0 atom stereocenters. The van der Waals surface area contributed by atoms with Crippen molar-refractivity contribution in [2.75, 3.05) is 0 Å². The number of amides is 1. The number of nitrogens with zero attached hydrogens (tertiary/aromatic N) is 3. The van der Waals surface area contributed by atoms with E-state index in [4.69, 9.17) is 17.3 Å². The van der Waals surface area contributed by atoms with E-state index in [1.54, 1.807) is 11.7 Å². The number of fused-ring (bicyclic) bond motifs is 1. The van der Waals surface area contributed by atoms with Crippen molar-refractivity contribution < 1.29 is 4.79 Å². The highest BCUT2D eigenvalue weighted by Crippen LogP contribution is 2.28. The second kappa shape index (κ2) is 3.75. The van der Waals surface area contributed by atoms with Gasteiger partial charge in [-0.25, -0.2) is 4.98 Å². The Bertz CT molecular complexity index is 576. The molecule has 0 unspecified atom stereocenters. The third-order valence-corrected chi connectivity index (χ3v) is 2.85. The fraction of sp³-hybridized carbons (Fsp3) is 0.300. The Labute approximate surface area is 97.2 Å². The highest BCUT2D eigenvalue weighted by atomic mass is 35.5. The van der Waals surface area contributed by atoms with Gasteiger partial charge in [0, 0.05) is 13.2 Å². The van der Waals surface area contributed by atoms with E-state index in [2.05, 4.69) is 10.1 Å². The summed E-state index contributed by atoms with van der Waals surface area (Å²) in [7, 11) is 1.79. The molecule has 2 N–H and O–H groups in total. The second-order valence-corrected chi connectivity index (χ2v) is 3.85. The van der Waals surface area contributed by atoms with E-state index in [0.29, 0.717) is 16.1 Å². The van der Waals surface area contributed by atoms with Gasteiger partial charge in [-0.2, -0.15) is 5.10 Å². The fourth-order valence-corrected chi connectivity index (χ4v) is 2.01. The van der Waals surface area contributed by atoms with Crippen LogP contribution < -0.4 is 5.73 Å². The molecule has 2 aromatic heterocycles. The first kappa shape index (κ1) is 10.9. The molecule has 0 aliphatic heterocycles. The first-order chi connectivity index (χ1) is 7.56. The summed E-state index contributed by atoms with van der Waals surface area (Å²) in [6.45, 7) is 1.97. The Morgan fingerprint density at radius 2 is 2.31 bits per heavy atom. The van der Waals surface area contributed by atoms with Crippen LogP contribution in [0.15, 0.2) is 6.20 Å². The third kappa shape index (κ3) is 1.44. The molecule has 0 aliphatic rings. The van der Waals surface area contributed by atoms with Gasteiger partial charge in [0.2, 0.25) is 0 Å². The minimum atomic E-state index is -0.578. The van der Waals surface area contributed by atoms with Crippen LogP contribution >= 0.6 is 11.6 Å². The summed E-state index contributed by atoms with van der Waals surface area (Å²) in [5.74, 6) is -0.578. The van der Waals surface area contributed by atoms with Crippen LogP contribution in [0, 0.1) is 0 Å². The van der Waals surface area contributed by atoms with Crippen molar-refractivity contribution in [2.45, 2.75) is 13.3 Å². The number of primary amides is 1. The van der Waals surface area contributed by atoms with E-state index in [1.807, 2.05) is 6.92 Å². The molecule has 2 rings (SSSR count). The van der Waals surface area contributed by atoms with E-state index >= 15 is 0 Å². The van der Waals surface area contributed by atoms with Crippen LogP contribution in [0.1, 0.15) is 23.0 Å². The molecule has 0 aliphatic carbocycles. The fourth-order valence-electron chi connectivity index (χ4n) is 1.68. The molecule has 16 heavy (non-hydrogen) atoms. The predicted molar refractivity (Wildman–Crippen MR) is 61.4 cm³/mol. The lowest BCUT2D eigenvalue weighted by Crippen LogP contribution is -2.12. The molecular formula is C10H11ClN4O. The third-order valence-electron chi connectivity index (χ3n) is 2.46. The number of rotatable bonds is 2. The van der Waals surface area contributed by atoms with Crippen LogP contribution in [0.3, 0.4) is 0 Å². The normalized spacial score (nSPS) is 10.9. The number of hydrogen-bond donors (Lipinski definition) is 1. The Morgan fingerprint density at radius 1 is 1.62 bits per heavy atom. The van der Waals surface area contributed by atoms with Crippen LogP contribution in [0.2, 0.25) is 5.02 Å². The molecule has 6 heteroatoms. The SMILES string of the molecule is CCc1nn(C)c2ncc(C(N)=O)c(Cl)c12. The zero-order valence-electron chi connectivity index (χ0n) is 8.99. The number of pyridine rings is 1. The van der Waals surface area contributed by atoms with Crippen molar-refractivity contribution in [2.24, 2.45) is 12.8 Å². The maximum atomic E-state index is 11.1. The molecule has 2 aromatic rings. The zero-order valence-corrected chi connectivity index (χ0v) is 9.75. The second-order valence-electron chi connectivity index (χ2n) is 3.47. The van der Waals surface area contributed by atoms with Gasteiger partial charge in [0.1, 0.15) is 0 Å². The maximum Gasteiger partial charge on any atom is 0.251 e. The Hall–Kier alpha value is -1.62. The number of aryl methyl sites for hydroxylation is 2. The Morgan fingerprint density at radius 3 is 2.88 bits per heavy atom. The molecule has 0 saturated heterocycles. The van der Waals surface area contributed by atoms with Gasteiger partial charge in [-0.3, -0.25) is 9.48 Å². The zero-order chi connectivity index (χ0) is 11.9. The lowest BCUT2D eigenvalue weighted by molar-refractivity contribution is 0.100. The summed E-state index contributed by atoms with van der Waals surface area (Å²) in [4.78, 5) is 15.3. The Balaban J connectivity index is 2.86. The topological polar surface area (TPSA) is 73.8 Å². The van der Waals surface area contributed by atoms with Gasteiger partial charge >= 0.3 is 0 Å². The van der Waals surface area contributed by atoms with E-state index in [0.717, 1.165) is 12.1 Å². The smallest absolute Gasteiger partial charge is 0.251 e. The molecule has 1 amide bonds.